The van der Waals surface area contributed by atoms with E-state index in [1.807, 2.05) is 19.1 Å². The Morgan fingerprint density at radius 3 is 2.37 bits per heavy atom. The molecule has 1 fully saturated rings. The molecule has 0 aliphatic carbocycles. The minimum atomic E-state index is -0.579. The van der Waals surface area contributed by atoms with Crippen molar-refractivity contribution in [3.63, 3.8) is 0 Å². The summed E-state index contributed by atoms with van der Waals surface area (Å²) >= 11 is 5.98. The van der Waals surface area contributed by atoms with Crippen LogP contribution >= 0.6 is 11.6 Å². The highest BCUT2D eigenvalue weighted by Crippen LogP contribution is 2.32. The highest BCUT2D eigenvalue weighted by Gasteiger charge is 2.41. The molecule has 9 heteroatoms. The zero-order valence-electron chi connectivity index (χ0n) is 14.3. The molecule has 1 amide bonds. The minimum absolute atomic E-state index is 0.000745. The van der Waals surface area contributed by atoms with Gasteiger partial charge in [0, 0.05) is 28.4 Å². The quantitative estimate of drug-likeness (QED) is 0.554. The van der Waals surface area contributed by atoms with Crippen molar-refractivity contribution in [2.75, 3.05) is 0 Å². The number of non-ortho nitro benzene ring substituents is 1. The van der Waals surface area contributed by atoms with Crippen LogP contribution in [0.25, 0.3) is 5.70 Å². The number of benzene rings is 2. The Morgan fingerprint density at radius 1 is 1.07 bits per heavy atom. The van der Waals surface area contributed by atoms with E-state index in [4.69, 9.17) is 11.6 Å². The lowest BCUT2D eigenvalue weighted by Crippen LogP contribution is -2.63. The molecule has 3 N–H and O–H groups in total. The zero-order chi connectivity index (χ0) is 19.1. The first-order valence-corrected chi connectivity index (χ1v) is 8.65. The van der Waals surface area contributed by atoms with Crippen LogP contribution in [-0.4, -0.2) is 22.0 Å². The number of amides is 1. The second-order valence-electron chi connectivity index (χ2n) is 6.32. The number of halogens is 1. The summed E-state index contributed by atoms with van der Waals surface area (Å²) in [5, 5.41) is 19.3. The molecule has 2 aliphatic heterocycles. The monoisotopic (exact) mass is 385 g/mol. The number of nitrogens with zero attached hydrogens (tertiary/aromatic N) is 2. The molecule has 2 unspecified atom stereocenters. The van der Waals surface area contributed by atoms with Crippen molar-refractivity contribution < 1.29 is 9.72 Å². The van der Waals surface area contributed by atoms with Crippen LogP contribution in [0.15, 0.2) is 54.2 Å². The van der Waals surface area contributed by atoms with Gasteiger partial charge in [-0.05, 0) is 36.8 Å². The number of carbonyl (C=O) groups is 1. The second kappa shape index (κ2) is 6.57. The summed E-state index contributed by atoms with van der Waals surface area (Å²) in [5.74, 6) is -0.194. The molecule has 1 saturated heterocycles. The number of nitrogens with one attached hydrogen (secondary N) is 3. The number of nitro groups is 1. The van der Waals surface area contributed by atoms with E-state index >= 15 is 0 Å². The first-order chi connectivity index (χ1) is 12.9. The predicted octanol–water partition coefficient (Wildman–Crippen LogP) is 2.50. The summed E-state index contributed by atoms with van der Waals surface area (Å²) in [6.45, 7) is 1.90. The fraction of sp³-hybridized carbons (Fsp3) is 0.167. The van der Waals surface area contributed by atoms with Crippen LogP contribution in [0.1, 0.15) is 24.2 Å². The standard InChI is InChI=1S/C18H16ClN5O3/c1-10-15(11-2-6-13(19)7-3-11)23-17(20-10)18(25)21-16(22-23)12-4-8-14(9-5-12)24(26)27/h2-9,16-17,20,22H,1H3,(H,21,25). The number of nitro benzene ring substituents is 1. The van der Waals surface area contributed by atoms with Crippen molar-refractivity contribution in [1.29, 1.82) is 0 Å². The SMILES string of the molecule is CC1=C(c2ccc(Cl)cc2)N2NC(c3ccc([N+](=O)[O-])cc3)NC(=O)C2N1. The number of rotatable bonds is 3. The normalized spacial score (nSPS) is 21.6. The largest absolute Gasteiger partial charge is 0.358 e. The molecule has 27 heavy (non-hydrogen) atoms. The first kappa shape index (κ1) is 17.3. The summed E-state index contributed by atoms with van der Waals surface area (Å²) in [4.78, 5) is 23.0. The van der Waals surface area contributed by atoms with Crippen molar-refractivity contribution in [3.05, 3.63) is 80.5 Å². The highest BCUT2D eigenvalue weighted by atomic mass is 35.5. The summed E-state index contributed by atoms with van der Waals surface area (Å²) < 4.78 is 0. The van der Waals surface area contributed by atoms with Crippen LogP contribution in [0.5, 0.6) is 0 Å². The fourth-order valence-electron chi connectivity index (χ4n) is 3.27. The molecule has 138 valence electrons. The molecule has 0 aromatic heterocycles. The van der Waals surface area contributed by atoms with E-state index in [-0.39, 0.29) is 11.6 Å². The summed E-state index contributed by atoms with van der Waals surface area (Å²) in [6.07, 6.45) is -1.09. The Morgan fingerprint density at radius 2 is 1.74 bits per heavy atom. The van der Waals surface area contributed by atoms with E-state index in [2.05, 4.69) is 16.1 Å². The van der Waals surface area contributed by atoms with E-state index in [0.717, 1.165) is 17.0 Å². The molecule has 0 saturated carbocycles. The first-order valence-electron chi connectivity index (χ1n) is 8.27. The van der Waals surface area contributed by atoms with Gasteiger partial charge in [0.2, 0.25) is 0 Å². The van der Waals surface area contributed by atoms with Crippen LogP contribution in [0.3, 0.4) is 0 Å². The second-order valence-corrected chi connectivity index (χ2v) is 6.75. The minimum Gasteiger partial charge on any atom is -0.358 e. The number of allylic oxidation sites excluding steroid dienone is 1. The van der Waals surface area contributed by atoms with Gasteiger partial charge in [0.15, 0.2) is 6.17 Å². The predicted molar refractivity (Wildman–Crippen MR) is 99.9 cm³/mol. The third-order valence-electron chi connectivity index (χ3n) is 4.57. The highest BCUT2D eigenvalue weighted by molar-refractivity contribution is 6.30. The molecule has 2 aromatic rings. The van der Waals surface area contributed by atoms with Gasteiger partial charge in [-0.15, -0.1) is 0 Å². The van der Waals surface area contributed by atoms with Gasteiger partial charge in [-0.1, -0.05) is 23.7 Å². The Bertz CT molecular complexity index is 942. The molecular weight excluding hydrogens is 370 g/mol. The Labute approximate surface area is 159 Å². The van der Waals surface area contributed by atoms with Crippen molar-refractivity contribution in [2.45, 2.75) is 19.3 Å². The maximum absolute atomic E-state index is 12.6. The van der Waals surface area contributed by atoms with Crippen molar-refractivity contribution in [3.8, 4) is 0 Å². The lowest BCUT2D eigenvalue weighted by Gasteiger charge is -2.38. The van der Waals surface area contributed by atoms with Crippen LogP contribution in [0.4, 0.5) is 5.69 Å². The van der Waals surface area contributed by atoms with Crippen LogP contribution in [0.2, 0.25) is 5.02 Å². The van der Waals surface area contributed by atoms with Gasteiger partial charge in [-0.3, -0.25) is 19.9 Å². The lowest BCUT2D eigenvalue weighted by atomic mass is 10.1. The fourth-order valence-corrected chi connectivity index (χ4v) is 3.40. The summed E-state index contributed by atoms with van der Waals surface area (Å²) in [5.41, 5.74) is 6.61. The third kappa shape index (κ3) is 3.09. The maximum Gasteiger partial charge on any atom is 0.269 e. The number of carbonyl (C=O) groups excluding carboxylic acids is 1. The number of hydrogen-bond acceptors (Lipinski definition) is 6. The topological polar surface area (TPSA) is 99.5 Å². The van der Waals surface area contributed by atoms with E-state index in [9.17, 15) is 14.9 Å². The molecular formula is C18H16ClN5O3. The number of hydrogen-bond donors (Lipinski definition) is 3. The molecule has 0 radical (unpaired) electrons. The van der Waals surface area contributed by atoms with Crippen molar-refractivity contribution in [1.82, 2.24) is 21.1 Å². The number of hydrazine groups is 1. The molecule has 0 bridgehead atoms. The number of fused-ring (bicyclic) bond motifs is 1. The van der Waals surface area contributed by atoms with Gasteiger partial charge in [-0.2, -0.15) is 0 Å². The average Bonchev–Trinajstić information content (AvgIpc) is 2.99. The lowest BCUT2D eigenvalue weighted by molar-refractivity contribution is -0.384. The van der Waals surface area contributed by atoms with E-state index in [1.54, 1.807) is 29.3 Å². The molecule has 8 nitrogen and oxygen atoms in total. The molecule has 4 rings (SSSR count). The van der Waals surface area contributed by atoms with E-state index < -0.39 is 17.3 Å². The summed E-state index contributed by atoms with van der Waals surface area (Å²) in [6, 6.07) is 13.4. The maximum atomic E-state index is 12.6. The van der Waals surface area contributed by atoms with E-state index in [0.29, 0.717) is 10.6 Å². The van der Waals surface area contributed by atoms with Gasteiger partial charge >= 0.3 is 0 Å². The van der Waals surface area contributed by atoms with Gasteiger partial charge in [0.1, 0.15) is 6.17 Å². The Hall–Kier alpha value is -3.10. The molecule has 2 aromatic carbocycles. The van der Waals surface area contributed by atoms with Crippen LogP contribution < -0.4 is 16.1 Å². The molecule has 2 atom stereocenters. The van der Waals surface area contributed by atoms with Gasteiger partial charge in [-0.25, -0.2) is 5.43 Å². The average molecular weight is 386 g/mol. The molecule has 0 spiro atoms. The smallest absolute Gasteiger partial charge is 0.269 e. The third-order valence-corrected chi connectivity index (χ3v) is 4.82. The van der Waals surface area contributed by atoms with Crippen LogP contribution in [0, 0.1) is 10.1 Å². The van der Waals surface area contributed by atoms with E-state index in [1.165, 1.54) is 12.1 Å². The van der Waals surface area contributed by atoms with Crippen molar-refractivity contribution >= 4 is 28.9 Å². The molecule has 2 heterocycles. The zero-order valence-corrected chi connectivity index (χ0v) is 15.0. The van der Waals surface area contributed by atoms with Crippen molar-refractivity contribution in [2.24, 2.45) is 0 Å². The Kier molecular flexibility index (Phi) is 4.21. The van der Waals surface area contributed by atoms with Gasteiger partial charge in [0.25, 0.3) is 11.6 Å². The van der Waals surface area contributed by atoms with Gasteiger partial charge in [0.05, 0.1) is 10.6 Å². The Balaban J connectivity index is 1.64. The van der Waals surface area contributed by atoms with Crippen LogP contribution in [-0.2, 0) is 4.79 Å². The molecule has 2 aliphatic rings. The summed E-state index contributed by atoms with van der Waals surface area (Å²) in [7, 11) is 0. The van der Waals surface area contributed by atoms with Gasteiger partial charge < -0.3 is 10.6 Å².